The summed E-state index contributed by atoms with van der Waals surface area (Å²) in [6.07, 6.45) is 0.618. The van der Waals surface area contributed by atoms with Gasteiger partial charge in [-0.15, -0.1) is 0 Å². The predicted octanol–water partition coefficient (Wildman–Crippen LogP) is 1.43. The van der Waals surface area contributed by atoms with E-state index in [1.807, 2.05) is 12.1 Å². The van der Waals surface area contributed by atoms with Crippen molar-refractivity contribution in [1.82, 2.24) is 0 Å². The molecule has 2 nitrogen and oxygen atoms in total. The Kier molecular flexibility index (Phi) is 4.30. The van der Waals surface area contributed by atoms with Crippen molar-refractivity contribution in [2.24, 2.45) is 5.92 Å². The number of hydrogen-bond donors (Lipinski definition) is 0. The van der Waals surface area contributed by atoms with Gasteiger partial charge in [0.15, 0.2) is 0 Å². The average molecular weight is 173 g/mol. The van der Waals surface area contributed by atoms with Gasteiger partial charge in [-0.25, -0.2) is 0 Å². The van der Waals surface area contributed by atoms with Crippen LogP contribution in [0.5, 0.6) is 0 Å². The number of halogens is 1. The number of alkyl halides is 1. The van der Waals surface area contributed by atoms with Crippen LogP contribution in [0.4, 0.5) is 0 Å². The largest absolute Gasteiger partial charge is 0.197 e. The van der Waals surface area contributed by atoms with Crippen molar-refractivity contribution < 1.29 is 0 Å². The molecule has 0 radical (unpaired) electrons. The van der Waals surface area contributed by atoms with E-state index in [4.69, 9.17) is 10.5 Å². The minimum Gasteiger partial charge on any atom is -0.197 e. The van der Waals surface area contributed by atoms with Gasteiger partial charge in [0.25, 0.3) is 0 Å². The molecule has 0 aromatic rings. The fraction of sp³-hybridized carbons (Fsp3) is 0.600. The van der Waals surface area contributed by atoms with Gasteiger partial charge in [-0.05, 0) is 6.42 Å². The molecular weight excluding hydrogens is 168 g/mol. The van der Waals surface area contributed by atoms with Gasteiger partial charge >= 0.3 is 0 Å². The van der Waals surface area contributed by atoms with Crippen LogP contribution in [-0.2, 0) is 0 Å². The lowest BCUT2D eigenvalue weighted by molar-refractivity contribution is 0.816. The van der Waals surface area contributed by atoms with Crippen LogP contribution in [0.3, 0.4) is 0 Å². The summed E-state index contributed by atoms with van der Waals surface area (Å²) >= 11 is 3.13. The van der Waals surface area contributed by atoms with Crippen molar-refractivity contribution in [3.8, 4) is 12.1 Å². The van der Waals surface area contributed by atoms with Gasteiger partial charge in [0.2, 0.25) is 0 Å². The number of hydrogen-bond acceptors (Lipinski definition) is 2. The van der Waals surface area contributed by atoms with Crippen molar-refractivity contribution in [3.63, 3.8) is 0 Å². The van der Waals surface area contributed by atoms with E-state index in [1.54, 1.807) is 0 Å². The molecule has 0 bridgehead atoms. The topological polar surface area (TPSA) is 47.6 Å². The molecule has 0 atom stereocenters. The fourth-order valence-corrected chi connectivity index (χ4v) is 0.725. The van der Waals surface area contributed by atoms with Gasteiger partial charge in [-0.3, -0.25) is 0 Å². The van der Waals surface area contributed by atoms with Crippen LogP contribution in [0.25, 0.3) is 0 Å². The Morgan fingerprint density at radius 3 is 2.00 bits per heavy atom. The van der Waals surface area contributed by atoms with E-state index in [2.05, 4.69) is 15.9 Å². The van der Waals surface area contributed by atoms with E-state index in [0.29, 0.717) is 6.42 Å². The lowest BCUT2D eigenvalue weighted by Gasteiger charge is -1.89. The summed E-state index contributed by atoms with van der Waals surface area (Å²) < 4.78 is 0. The predicted molar refractivity (Wildman–Crippen MR) is 33.1 cm³/mol. The lowest BCUT2D eigenvalue weighted by atomic mass is 10.1. The highest BCUT2D eigenvalue weighted by atomic mass is 79.9. The Balaban J connectivity index is 3.46. The van der Waals surface area contributed by atoms with Crippen LogP contribution in [-0.4, -0.2) is 5.33 Å². The van der Waals surface area contributed by atoms with Crippen molar-refractivity contribution in [2.75, 3.05) is 5.33 Å². The van der Waals surface area contributed by atoms with Crippen molar-refractivity contribution in [1.29, 1.82) is 10.5 Å². The molecule has 0 aromatic carbocycles. The third kappa shape index (κ3) is 2.60. The summed E-state index contributed by atoms with van der Waals surface area (Å²) in [7, 11) is 0. The molecule has 0 fully saturated rings. The van der Waals surface area contributed by atoms with Gasteiger partial charge in [-0.1, -0.05) is 15.9 Å². The Bertz CT molecular complexity index is 116. The molecule has 0 saturated heterocycles. The Morgan fingerprint density at radius 1 is 1.38 bits per heavy atom. The molecule has 0 rings (SSSR count). The first-order valence-corrected chi connectivity index (χ1v) is 3.32. The van der Waals surface area contributed by atoms with E-state index >= 15 is 0 Å². The molecule has 0 spiro atoms. The third-order valence-electron chi connectivity index (χ3n) is 0.709. The highest BCUT2D eigenvalue weighted by molar-refractivity contribution is 9.09. The molecule has 0 N–H and O–H groups in total. The molecule has 8 heavy (non-hydrogen) atoms. The Labute approximate surface area is 56.9 Å². The molecule has 0 amide bonds. The SMILES string of the molecule is N#CC(C#N)CCBr. The average Bonchev–Trinajstić information content (AvgIpc) is 1.83. The summed E-state index contributed by atoms with van der Waals surface area (Å²) in [5.74, 6) is -0.436. The summed E-state index contributed by atoms with van der Waals surface area (Å²) in [5, 5.41) is 17.0. The van der Waals surface area contributed by atoms with Crippen LogP contribution in [0.1, 0.15) is 6.42 Å². The zero-order chi connectivity index (χ0) is 6.41. The lowest BCUT2D eigenvalue weighted by Crippen LogP contribution is -1.91. The minimum atomic E-state index is -0.436. The zero-order valence-electron chi connectivity index (χ0n) is 4.26. The van der Waals surface area contributed by atoms with Gasteiger partial charge in [0, 0.05) is 5.33 Å². The first kappa shape index (κ1) is 7.46. The summed E-state index contributed by atoms with van der Waals surface area (Å²) in [6, 6.07) is 3.72. The van der Waals surface area contributed by atoms with Crippen LogP contribution in [0.15, 0.2) is 0 Å². The standard InChI is InChI=1S/C5H5BrN2/c6-2-1-5(3-7)4-8/h5H,1-2H2. The quantitative estimate of drug-likeness (QED) is 0.593. The summed E-state index contributed by atoms with van der Waals surface area (Å²) in [5.41, 5.74) is 0. The van der Waals surface area contributed by atoms with E-state index in [1.165, 1.54) is 0 Å². The summed E-state index contributed by atoms with van der Waals surface area (Å²) in [6.45, 7) is 0. The maximum absolute atomic E-state index is 8.16. The molecule has 0 aliphatic carbocycles. The van der Waals surface area contributed by atoms with Gasteiger partial charge in [0.1, 0.15) is 5.92 Å². The monoisotopic (exact) mass is 172 g/mol. The van der Waals surface area contributed by atoms with Crippen LogP contribution < -0.4 is 0 Å². The summed E-state index contributed by atoms with van der Waals surface area (Å²) in [4.78, 5) is 0. The minimum absolute atomic E-state index is 0.436. The van der Waals surface area contributed by atoms with Gasteiger partial charge in [0.05, 0.1) is 12.1 Å². The maximum Gasteiger partial charge on any atom is 0.134 e. The first-order chi connectivity index (χ1) is 3.85. The molecule has 0 aromatic heterocycles. The third-order valence-corrected chi connectivity index (χ3v) is 1.17. The van der Waals surface area contributed by atoms with E-state index in [0.717, 1.165) is 5.33 Å². The molecule has 0 aliphatic rings. The van der Waals surface area contributed by atoms with Gasteiger partial charge < -0.3 is 0 Å². The molecule has 3 heteroatoms. The van der Waals surface area contributed by atoms with E-state index < -0.39 is 5.92 Å². The Hall–Kier alpha value is -0.540. The smallest absolute Gasteiger partial charge is 0.134 e. The highest BCUT2D eigenvalue weighted by Crippen LogP contribution is 2.00. The second kappa shape index (κ2) is 4.61. The molecule has 0 saturated carbocycles. The van der Waals surface area contributed by atoms with Crippen molar-refractivity contribution >= 4 is 15.9 Å². The second-order valence-electron chi connectivity index (χ2n) is 1.29. The second-order valence-corrected chi connectivity index (χ2v) is 2.08. The van der Waals surface area contributed by atoms with E-state index in [-0.39, 0.29) is 0 Å². The fourth-order valence-electron chi connectivity index (χ4n) is 0.267. The normalized spacial score (nSPS) is 8.00. The van der Waals surface area contributed by atoms with Crippen molar-refractivity contribution in [3.05, 3.63) is 0 Å². The van der Waals surface area contributed by atoms with Gasteiger partial charge in [-0.2, -0.15) is 10.5 Å². The maximum atomic E-state index is 8.16. The highest BCUT2D eigenvalue weighted by Gasteiger charge is 2.00. The molecule has 42 valence electrons. The van der Waals surface area contributed by atoms with Crippen LogP contribution >= 0.6 is 15.9 Å². The number of rotatable bonds is 2. The first-order valence-electron chi connectivity index (χ1n) is 2.20. The number of nitriles is 2. The van der Waals surface area contributed by atoms with Crippen LogP contribution in [0.2, 0.25) is 0 Å². The Morgan fingerprint density at radius 2 is 1.88 bits per heavy atom. The molecule has 0 heterocycles. The molecule has 0 aliphatic heterocycles. The molecular formula is C5H5BrN2. The molecule has 0 unspecified atom stereocenters. The number of nitrogens with zero attached hydrogens (tertiary/aromatic N) is 2. The van der Waals surface area contributed by atoms with E-state index in [9.17, 15) is 0 Å². The van der Waals surface area contributed by atoms with Crippen LogP contribution in [0, 0.1) is 28.6 Å². The zero-order valence-corrected chi connectivity index (χ0v) is 5.85. The van der Waals surface area contributed by atoms with Crippen molar-refractivity contribution in [2.45, 2.75) is 6.42 Å².